The van der Waals surface area contributed by atoms with Gasteiger partial charge in [0.1, 0.15) is 36.4 Å². The zero-order valence-electron chi connectivity index (χ0n) is 20.4. The van der Waals surface area contributed by atoms with E-state index in [0.717, 1.165) is 11.1 Å². The topological polar surface area (TPSA) is 133 Å². The van der Waals surface area contributed by atoms with Crippen LogP contribution in [0, 0.1) is 6.92 Å². The second-order valence-electron chi connectivity index (χ2n) is 9.37. The van der Waals surface area contributed by atoms with Crippen molar-refractivity contribution in [1.82, 2.24) is 0 Å². The number of hydrogen-bond donors (Lipinski definition) is 3. The van der Waals surface area contributed by atoms with Gasteiger partial charge in [0.15, 0.2) is 11.5 Å². The van der Waals surface area contributed by atoms with Crippen LogP contribution in [0.4, 0.5) is 0 Å². The number of fused-ring (bicyclic) bond motifs is 3. The summed E-state index contributed by atoms with van der Waals surface area (Å²) in [5.41, 5.74) is 2.99. The minimum absolute atomic E-state index is 0.0588. The predicted octanol–water partition coefficient (Wildman–Crippen LogP) is 2.43. The Kier molecular flexibility index (Phi) is 5.64. The van der Waals surface area contributed by atoms with E-state index in [9.17, 15) is 20.1 Å². The fourth-order valence-corrected chi connectivity index (χ4v) is 5.15. The van der Waals surface area contributed by atoms with E-state index in [4.69, 9.17) is 28.4 Å². The standard InChI is InChI=1S/C27H26O10/c1-11-6-14-15(8-18(11)32-3)25(37-27-24(30)23(29)22(28)12(2)36-27)16-9-33-26(31)21(16)20(14)13-4-5-17-19(7-13)35-10-34-17/h4-8,12,22-24,27-30H,9-10H2,1-3H3. The summed E-state index contributed by atoms with van der Waals surface area (Å²) in [7, 11) is 1.56. The van der Waals surface area contributed by atoms with Crippen LogP contribution >= 0.6 is 0 Å². The zero-order valence-corrected chi connectivity index (χ0v) is 20.4. The molecule has 37 heavy (non-hydrogen) atoms. The lowest BCUT2D eigenvalue weighted by Gasteiger charge is -2.39. The van der Waals surface area contributed by atoms with Crippen LogP contribution in [0.1, 0.15) is 28.4 Å². The summed E-state index contributed by atoms with van der Waals surface area (Å²) >= 11 is 0. The quantitative estimate of drug-likeness (QED) is 0.450. The molecule has 3 aliphatic rings. The maximum Gasteiger partial charge on any atom is 0.339 e. The number of benzene rings is 3. The van der Waals surface area contributed by atoms with Crippen LogP contribution in [0.2, 0.25) is 0 Å². The van der Waals surface area contributed by atoms with Crippen LogP contribution in [0.25, 0.3) is 21.9 Å². The number of carbonyl (C=O) groups is 1. The molecule has 3 heterocycles. The van der Waals surface area contributed by atoms with E-state index in [1.54, 1.807) is 26.2 Å². The lowest BCUT2D eigenvalue weighted by atomic mass is 9.88. The highest BCUT2D eigenvalue weighted by molar-refractivity contribution is 6.13. The number of rotatable bonds is 4. The largest absolute Gasteiger partial charge is 0.496 e. The number of aliphatic hydroxyl groups excluding tert-OH is 3. The van der Waals surface area contributed by atoms with E-state index in [-0.39, 0.29) is 19.1 Å². The van der Waals surface area contributed by atoms with Gasteiger partial charge in [0.25, 0.3) is 0 Å². The highest BCUT2D eigenvalue weighted by atomic mass is 16.7. The van der Waals surface area contributed by atoms with E-state index in [2.05, 4.69) is 0 Å². The Hall–Kier alpha value is -3.57. The van der Waals surface area contributed by atoms with Crippen molar-refractivity contribution in [3.05, 3.63) is 47.0 Å². The SMILES string of the molecule is COc1cc2c(OC3OC(C)C(O)C(O)C3O)c3c(c(-c4ccc5c(c4)OCO5)c2cc1C)C(=O)OC3. The molecule has 194 valence electrons. The monoisotopic (exact) mass is 510 g/mol. The Bertz CT molecular complexity index is 1420. The van der Waals surface area contributed by atoms with Crippen molar-refractivity contribution in [2.24, 2.45) is 0 Å². The van der Waals surface area contributed by atoms with Gasteiger partial charge >= 0.3 is 5.97 Å². The average molecular weight is 510 g/mol. The Labute approximate surface area is 211 Å². The molecule has 0 amide bonds. The van der Waals surface area contributed by atoms with Crippen molar-refractivity contribution in [1.29, 1.82) is 0 Å². The predicted molar refractivity (Wildman–Crippen MR) is 129 cm³/mol. The molecule has 10 nitrogen and oxygen atoms in total. The Morgan fingerprint density at radius 1 is 0.919 bits per heavy atom. The first-order valence-electron chi connectivity index (χ1n) is 11.9. The van der Waals surface area contributed by atoms with Crippen LogP contribution < -0.4 is 18.9 Å². The maximum atomic E-state index is 13.1. The molecule has 0 spiro atoms. The van der Waals surface area contributed by atoms with Crippen LogP contribution in [0.5, 0.6) is 23.0 Å². The number of hydrogen-bond acceptors (Lipinski definition) is 10. The molecule has 1 fully saturated rings. The Balaban J connectivity index is 1.59. The van der Waals surface area contributed by atoms with Crippen molar-refractivity contribution in [3.8, 4) is 34.1 Å². The van der Waals surface area contributed by atoms with Crippen LogP contribution in [-0.4, -0.2) is 65.9 Å². The van der Waals surface area contributed by atoms with E-state index in [0.29, 0.717) is 44.7 Å². The van der Waals surface area contributed by atoms with Crippen molar-refractivity contribution in [2.45, 2.75) is 51.2 Å². The van der Waals surface area contributed by atoms with Gasteiger partial charge in [-0.25, -0.2) is 4.79 Å². The van der Waals surface area contributed by atoms with Gasteiger partial charge in [-0.2, -0.15) is 0 Å². The molecular weight excluding hydrogens is 484 g/mol. The van der Waals surface area contributed by atoms with Gasteiger partial charge < -0.3 is 43.7 Å². The number of carbonyl (C=O) groups excluding carboxylic acids is 1. The molecule has 0 bridgehead atoms. The molecule has 0 aliphatic carbocycles. The minimum Gasteiger partial charge on any atom is -0.496 e. The molecule has 1 saturated heterocycles. The average Bonchev–Trinajstić information content (AvgIpc) is 3.51. The van der Waals surface area contributed by atoms with E-state index in [1.807, 2.05) is 25.1 Å². The van der Waals surface area contributed by atoms with Gasteiger partial charge in [0.2, 0.25) is 13.1 Å². The number of aliphatic hydroxyl groups is 3. The van der Waals surface area contributed by atoms with E-state index < -0.39 is 36.7 Å². The van der Waals surface area contributed by atoms with Gasteiger partial charge in [0.05, 0.1) is 18.8 Å². The van der Waals surface area contributed by atoms with Crippen LogP contribution in [0.3, 0.4) is 0 Å². The smallest absolute Gasteiger partial charge is 0.339 e. The van der Waals surface area contributed by atoms with Gasteiger partial charge in [-0.3, -0.25) is 0 Å². The third-order valence-electron chi connectivity index (χ3n) is 7.13. The zero-order chi connectivity index (χ0) is 26.0. The van der Waals surface area contributed by atoms with Crippen molar-refractivity contribution in [3.63, 3.8) is 0 Å². The molecular formula is C27H26O10. The number of ether oxygens (including phenoxy) is 6. The third-order valence-corrected chi connectivity index (χ3v) is 7.13. The number of aryl methyl sites for hydroxylation is 1. The van der Waals surface area contributed by atoms with Gasteiger partial charge in [0, 0.05) is 16.5 Å². The highest BCUT2D eigenvalue weighted by Gasteiger charge is 2.44. The molecule has 0 radical (unpaired) electrons. The van der Waals surface area contributed by atoms with Crippen LogP contribution in [-0.2, 0) is 16.1 Å². The summed E-state index contributed by atoms with van der Waals surface area (Å²) < 4.78 is 33.9. The summed E-state index contributed by atoms with van der Waals surface area (Å²) in [5, 5.41) is 32.3. The molecule has 3 N–H and O–H groups in total. The summed E-state index contributed by atoms with van der Waals surface area (Å²) in [6, 6.07) is 9.14. The van der Waals surface area contributed by atoms with Gasteiger partial charge in [-0.1, -0.05) is 6.07 Å². The fourth-order valence-electron chi connectivity index (χ4n) is 5.15. The maximum absolute atomic E-state index is 13.1. The summed E-state index contributed by atoms with van der Waals surface area (Å²) in [6.07, 6.45) is -6.39. The lowest BCUT2D eigenvalue weighted by Crippen LogP contribution is -2.58. The first-order chi connectivity index (χ1) is 17.8. The second kappa shape index (κ2) is 8.77. The van der Waals surface area contributed by atoms with Crippen molar-refractivity contribution < 1.29 is 48.5 Å². The molecule has 5 atom stereocenters. The second-order valence-corrected chi connectivity index (χ2v) is 9.37. The molecule has 0 aromatic heterocycles. The van der Waals surface area contributed by atoms with E-state index >= 15 is 0 Å². The number of cyclic esters (lactones) is 1. The molecule has 6 rings (SSSR count). The minimum atomic E-state index is -1.53. The molecule has 3 aromatic carbocycles. The third kappa shape index (κ3) is 3.67. The molecule has 3 aliphatic heterocycles. The normalized spacial score (nSPS) is 26.2. The number of esters is 1. The van der Waals surface area contributed by atoms with E-state index in [1.165, 1.54) is 0 Å². The first-order valence-corrected chi connectivity index (χ1v) is 11.9. The van der Waals surface area contributed by atoms with Crippen LogP contribution in [0.15, 0.2) is 30.3 Å². The first kappa shape index (κ1) is 23.8. The fraction of sp³-hybridized carbons (Fsp3) is 0.370. The van der Waals surface area contributed by atoms with Gasteiger partial charge in [-0.15, -0.1) is 0 Å². The lowest BCUT2D eigenvalue weighted by molar-refractivity contribution is -0.268. The molecule has 10 heteroatoms. The highest BCUT2D eigenvalue weighted by Crippen LogP contribution is 2.48. The van der Waals surface area contributed by atoms with Crippen molar-refractivity contribution in [2.75, 3.05) is 13.9 Å². The molecule has 0 saturated carbocycles. The van der Waals surface area contributed by atoms with Gasteiger partial charge in [-0.05, 0) is 54.6 Å². The summed E-state index contributed by atoms with van der Waals surface area (Å²) in [6.45, 7) is 3.52. The summed E-state index contributed by atoms with van der Waals surface area (Å²) in [5.74, 6) is 1.52. The summed E-state index contributed by atoms with van der Waals surface area (Å²) in [4.78, 5) is 13.1. The molecule has 3 aromatic rings. The Morgan fingerprint density at radius 3 is 2.49 bits per heavy atom. The van der Waals surface area contributed by atoms with Crippen molar-refractivity contribution >= 4 is 16.7 Å². The molecule has 5 unspecified atom stereocenters. The Morgan fingerprint density at radius 2 is 1.70 bits per heavy atom. The number of methoxy groups -OCH3 is 1.